The number of ketones is 1. The lowest BCUT2D eigenvalue weighted by atomic mass is 9.73. The standard InChI is InChI=1S/C27H40N2O6S/c1-14-7-8-20(15(2)10-18-13-36-22(12-30)28-18)35-23(32)11-21(31)27(5,6)26(34)17(4)25(33)16(3)24-19(9-14)29-24/h7,10,13,16-17,19-21,24-25,29-31,33H,8-9,11-12H2,1-6H3/b14-7-,15-10?/t16-,17+,19?,20+,21-,24?,25-/m0/s1. The quantitative estimate of drug-likeness (QED) is 0.271. The average molecular weight is 521 g/mol. The highest BCUT2D eigenvalue weighted by molar-refractivity contribution is 7.09. The fourth-order valence-electron chi connectivity index (χ4n) is 4.95. The van der Waals surface area contributed by atoms with Crippen LogP contribution in [0, 0.1) is 17.3 Å². The number of aromatic nitrogens is 1. The maximum absolute atomic E-state index is 13.3. The summed E-state index contributed by atoms with van der Waals surface area (Å²) < 4.78 is 5.81. The molecule has 2 aliphatic heterocycles. The number of hydrogen-bond donors (Lipinski definition) is 4. The molecule has 1 fully saturated rings. The molecule has 0 bridgehead atoms. The molecular weight excluding hydrogens is 480 g/mol. The number of aliphatic hydroxyl groups excluding tert-OH is 3. The molecule has 0 aromatic carbocycles. The zero-order valence-corrected chi connectivity index (χ0v) is 22.8. The number of esters is 1. The summed E-state index contributed by atoms with van der Waals surface area (Å²) in [5.41, 5.74) is 1.38. The number of thiazole rings is 1. The Bertz CT molecular complexity index is 1020. The first kappa shape index (κ1) is 28.7. The maximum atomic E-state index is 13.3. The highest BCUT2D eigenvalue weighted by atomic mass is 32.1. The first-order valence-electron chi connectivity index (χ1n) is 12.6. The smallest absolute Gasteiger partial charge is 0.309 e. The van der Waals surface area contributed by atoms with Gasteiger partial charge in [0, 0.05) is 29.8 Å². The third-order valence-electron chi connectivity index (χ3n) is 7.67. The number of aliphatic hydroxyl groups is 3. The van der Waals surface area contributed by atoms with E-state index in [4.69, 9.17) is 4.74 Å². The minimum absolute atomic E-state index is 0.111. The molecule has 2 aliphatic rings. The van der Waals surface area contributed by atoms with Gasteiger partial charge in [0.25, 0.3) is 0 Å². The molecule has 0 saturated carbocycles. The third kappa shape index (κ3) is 6.69. The van der Waals surface area contributed by atoms with Crippen molar-refractivity contribution in [2.24, 2.45) is 17.3 Å². The van der Waals surface area contributed by atoms with Crippen molar-refractivity contribution in [2.45, 2.75) is 97.8 Å². The van der Waals surface area contributed by atoms with Crippen molar-refractivity contribution in [1.29, 1.82) is 0 Å². The molecule has 1 saturated heterocycles. The van der Waals surface area contributed by atoms with Gasteiger partial charge < -0.3 is 25.4 Å². The van der Waals surface area contributed by atoms with E-state index in [9.17, 15) is 24.9 Å². The lowest BCUT2D eigenvalue weighted by Gasteiger charge is -2.34. The normalized spacial score (nSPS) is 36.0. The number of ether oxygens (including phenoxy) is 1. The number of carbonyl (C=O) groups excluding carboxylic acids is 2. The summed E-state index contributed by atoms with van der Waals surface area (Å²) in [5, 5.41) is 37.0. The van der Waals surface area contributed by atoms with Gasteiger partial charge in [-0.25, -0.2) is 4.98 Å². The third-order valence-corrected chi connectivity index (χ3v) is 8.53. The van der Waals surface area contributed by atoms with Crippen molar-refractivity contribution in [3.05, 3.63) is 33.3 Å². The van der Waals surface area contributed by atoms with Gasteiger partial charge in [-0.3, -0.25) is 9.59 Å². The molecule has 200 valence electrons. The number of nitrogens with zero attached hydrogens (tertiary/aromatic N) is 1. The van der Waals surface area contributed by atoms with E-state index in [-0.39, 0.29) is 36.8 Å². The number of hydrogen-bond acceptors (Lipinski definition) is 9. The second-order valence-electron chi connectivity index (χ2n) is 10.9. The van der Waals surface area contributed by atoms with Gasteiger partial charge in [0.15, 0.2) is 0 Å². The Labute approximate surface area is 217 Å². The molecule has 9 heteroatoms. The van der Waals surface area contributed by atoms with Gasteiger partial charge >= 0.3 is 5.97 Å². The SMILES string of the molecule is CC(=Cc1csc(CO)n1)[C@H]1C/C=C(/C)CC2NC2[C@H](C)[C@H](O)[C@@H](C)C(=O)C(C)(C)[C@@H](O)CC(=O)O1. The summed E-state index contributed by atoms with van der Waals surface area (Å²) in [6.45, 7) is 10.6. The van der Waals surface area contributed by atoms with Crippen LogP contribution in [0.25, 0.3) is 6.08 Å². The first-order chi connectivity index (χ1) is 16.8. The topological polar surface area (TPSA) is 139 Å². The largest absolute Gasteiger partial charge is 0.457 e. The molecule has 7 atom stereocenters. The van der Waals surface area contributed by atoms with E-state index in [0.29, 0.717) is 17.1 Å². The summed E-state index contributed by atoms with van der Waals surface area (Å²) >= 11 is 1.36. The number of rotatable bonds is 3. The van der Waals surface area contributed by atoms with Gasteiger partial charge in [-0.05, 0) is 37.8 Å². The fraction of sp³-hybridized carbons (Fsp3) is 0.667. The van der Waals surface area contributed by atoms with Crippen molar-refractivity contribution in [2.75, 3.05) is 0 Å². The summed E-state index contributed by atoms with van der Waals surface area (Å²) in [6, 6.07) is 0.324. The Morgan fingerprint density at radius 1 is 1.28 bits per heavy atom. The molecule has 1 aromatic heterocycles. The van der Waals surface area contributed by atoms with Gasteiger partial charge in [-0.15, -0.1) is 11.3 Å². The van der Waals surface area contributed by atoms with E-state index in [2.05, 4.69) is 16.4 Å². The van der Waals surface area contributed by atoms with Gasteiger partial charge in [-0.1, -0.05) is 39.3 Å². The van der Waals surface area contributed by atoms with Crippen LogP contribution in [0.1, 0.15) is 71.5 Å². The molecule has 0 spiro atoms. The molecule has 1 aromatic rings. The van der Waals surface area contributed by atoms with E-state index < -0.39 is 35.6 Å². The Morgan fingerprint density at radius 2 is 1.97 bits per heavy atom. The van der Waals surface area contributed by atoms with Crippen LogP contribution in [-0.4, -0.2) is 62.5 Å². The molecule has 3 heterocycles. The summed E-state index contributed by atoms with van der Waals surface area (Å²) in [6.07, 6.45) is 2.15. The monoisotopic (exact) mass is 520 g/mol. The van der Waals surface area contributed by atoms with Crippen LogP contribution in [0.15, 0.2) is 22.6 Å². The lowest BCUT2D eigenvalue weighted by molar-refractivity contribution is -0.154. The van der Waals surface area contributed by atoms with Crippen LogP contribution >= 0.6 is 11.3 Å². The van der Waals surface area contributed by atoms with Crippen LogP contribution < -0.4 is 5.32 Å². The molecule has 0 amide bonds. The maximum Gasteiger partial charge on any atom is 0.309 e. The first-order valence-corrected chi connectivity index (χ1v) is 13.5. The Hall–Kier alpha value is -1.91. The number of Topliss-reactive ketones (excluding diaryl/α,β-unsaturated/α-hetero) is 1. The number of fused-ring (bicyclic) bond motifs is 1. The van der Waals surface area contributed by atoms with E-state index in [1.807, 2.05) is 32.2 Å². The lowest BCUT2D eigenvalue weighted by Crippen LogP contribution is -2.46. The summed E-state index contributed by atoms with van der Waals surface area (Å²) in [4.78, 5) is 30.5. The number of cyclic esters (lactones) is 1. The number of nitrogens with one attached hydrogen (secondary N) is 1. The Kier molecular flexibility index (Phi) is 9.27. The molecule has 4 N–H and O–H groups in total. The van der Waals surface area contributed by atoms with E-state index >= 15 is 0 Å². The highest BCUT2D eigenvalue weighted by Crippen LogP contribution is 2.35. The van der Waals surface area contributed by atoms with Crippen LogP contribution in [0.3, 0.4) is 0 Å². The van der Waals surface area contributed by atoms with Crippen molar-refractivity contribution in [1.82, 2.24) is 10.3 Å². The second kappa shape index (κ2) is 11.6. The van der Waals surface area contributed by atoms with Gasteiger partial charge in [0.2, 0.25) is 0 Å². The van der Waals surface area contributed by atoms with Crippen molar-refractivity contribution >= 4 is 29.2 Å². The van der Waals surface area contributed by atoms with E-state index in [1.165, 1.54) is 11.3 Å². The van der Waals surface area contributed by atoms with Crippen molar-refractivity contribution < 1.29 is 29.6 Å². The molecule has 3 rings (SSSR count). The zero-order chi connectivity index (χ0) is 26.8. The average Bonchev–Trinajstić information content (AvgIpc) is 3.44. The molecule has 2 unspecified atom stereocenters. The molecule has 8 nitrogen and oxygen atoms in total. The van der Waals surface area contributed by atoms with E-state index in [0.717, 1.165) is 17.6 Å². The predicted octanol–water partition coefficient (Wildman–Crippen LogP) is 3.01. The summed E-state index contributed by atoms with van der Waals surface area (Å²) in [7, 11) is 0. The Balaban J connectivity index is 1.88. The molecule has 36 heavy (non-hydrogen) atoms. The van der Waals surface area contributed by atoms with Gasteiger partial charge in [-0.2, -0.15) is 0 Å². The van der Waals surface area contributed by atoms with Crippen LogP contribution in [-0.2, 0) is 20.9 Å². The van der Waals surface area contributed by atoms with E-state index in [1.54, 1.807) is 20.8 Å². The summed E-state index contributed by atoms with van der Waals surface area (Å²) in [5.74, 6) is -1.70. The fourth-order valence-corrected chi connectivity index (χ4v) is 5.56. The van der Waals surface area contributed by atoms with Gasteiger partial charge in [0.1, 0.15) is 16.9 Å². The van der Waals surface area contributed by atoms with Crippen LogP contribution in [0.5, 0.6) is 0 Å². The van der Waals surface area contributed by atoms with Crippen molar-refractivity contribution in [3.63, 3.8) is 0 Å². The van der Waals surface area contributed by atoms with Crippen LogP contribution in [0.4, 0.5) is 0 Å². The van der Waals surface area contributed by atoms with Crippen LogP contribution in [0.2, 0.25) is 0 Å². The zero-order valence-electron chi connectivity index (χ0n) is 22.0. The second-order valence-corrected chi connectivity index (χ2v) is 11.9. The minimum Gasteiger partial charge on any atom is -0.457 e. The molecule has 0 radical (unpaired) electrons. The van der Waals surface area contributed by atoms with Gasteiger partial charge in [0.05, 0.1) is 36.3 Å². The highest BCUT2D eigenvalue weighted by Gasteiger charge is 2.47. The Morgan fingerprint density at radius 3 is 2.61 bits per heavy atom. The predicted molar refractivity (Wildman–Crippen MR) is 139 cm³/mol. The number of carbonyl (C=O) groups is 2. The van der Waals surface area contributed by atoms with Crippen molar-refractivity contribution in [3.8, 4) is 0 Å². The molecular formula is C27H40N2O6S. The minimum atomic E-state index is -1.25. The molecule has 0 aliphatic carbocycles.